The number of ether oxygens (including phenoxy) is 1. The normalized spacial score (nSPS) is 11.3. The van der Waals surface area contributed by atoms with Gasteiger partial charge in [0.15, 0.2) is 0 Å². The maximum atomic E-state index is 11.8. The van der Waals surface area contributed by atoms with Gasteiger partial charge in [0.2, 0.25) is 5.91 Å². The Balaban J connectivity index is 2.48. The summed E-state index contributed by atoms with van der Waals surface area (Å²) >= 11 is 0. The highest BCUT2D eigenvalue weighted by atomic mass is 16.5. The van der Waals surface area contributed by atoms with Crippen LogP contribution in [0.1, 0.15) is 20.3 Å². The first-order chi connectivity index (χ1) is 9.56. The van der Waals surface area contributed by atoms with E-state index in [1.165, 1.54) is 0 Å². The SMILES string of the molecule is CCCNC(=O)C(C)NC(=O)Nc1cccc(OC)c1. The molecule has 6 nitrogen and oxygen atoms in total. The number of amides is 3. The molecule has 0 bridgehead atoms. The van der Waals surface area contributed by atoms with Crippen LogP contribution in [0.2, 0.25) is 0 Å². The highest BCUT2D eigenvalue weighted by molar-refractivity contribution is 5.93. The Kier molecular flexibility index (Phi) is 6.36. The topological polar surface area (TPSA) is 79.5 Å². The molecular formula is C14H21N3O3. The molecule has 0 aromatic heterocycles. The minimum Gasteiger partial charge on any atom is -0.497 e. The summed E-state index contributed by atoms with van der Waals surface area (Å²) in [4.78, 5) is 23.4. The molecule has 0 spiro atoms. The van der Waals surface area contributed by atoms with Crippen molar-refractivity contribution >= 4 is 17.6 Å². The molecule has 6 heteroatoms. The van der Waals surface area contributed by atoms with Gasteiger partial charge in [-0.25, -0.2) is 4.79 Å². The van der Waals surface area contributed by atoms with Crippen LogP contribution in [-0.4, -0.2) is 31.6 Å². The maximum Gasteiger partial charge on any atom is 0.319 e. The number of benzene rings is 1. The van der Waals surface area contributed by atoms with Crippen molar-refractivity contribution in [3.05, 3.63) is 24.3 Å². The summed E-state index contributed by atoms with van der Waals surface area (Å²) in [6.45, 7) is 4.20. The Labute approximate surface area is 118 Å². The number of hydrogen-bond acceptors (Lipinski definition) is 3. The van der Waals surface area contributed by atoms with Gasteiger partial charge in [-0.15, -0.1) is 0 Å². The Morgan fingerprint density at radius 1 is 1.35 bits per heavy atom. The summed E-state index contributed by atoms with van der Waals surface area (Å²) in [5.41, 5.74) is 0.600. The van der Waals surface area contributed by atoms with Gasteiger partial charge in [0.05, 0.1) is 7.11 Å². The maximum absolute atomic E-state index is 11.8. The number of methoxy groups -OCH3 is 1. The van der Waals surface area contributed by atoms with Crippen molar-refractivity contribution in [1.82, 2.24) is 10.6 Å². The summed E-state index contributed by atoms with van der Waals surface area (Å²) in [5.74, 6) is 0.448. The predicted octanol–water partition coefficient (Wildman–Crippen LogP) is 1.73. The van der Waals surface area contributed by atoms with Gasteiger partial charge < -0.3 is 20.7 Å². The van der Waals surface area contributed by atoms with Crippen LogP contribution in [0, 0.1) is 0 Å². The summed E-state index contributed by atoms with van der Waals surface area (Å²) in [5, 5.41) is 7.94. The lowest BCUT2D eigenvalue weighted by Crippen LogP contribution is -2.46. The predicted molar refractivity (Wildman–Crippen MR) is 77.9 cm³/mol. The summed E-state index contributed by atoms with van der Waals surface area (Å²) < 4.78 is 5.06. The van der Waals surface area contributed by atoms with E-state index in [-0.39, 0.29) is 5.91 Å². The molecule has 110 valence electrons. The number of hydrogen-bond donors (Lipinski definition) is 3. The third kappa shape index (κ3) is 5.17. The molecule has 1 aromatic carbocycles. The van der Waals surface area contributed by atoms with Crippen LogP contribution >= 0.6 is 0 Å². The fourth-order valence-electron chi connectivity index (χ4n) is 1.53. The van der Waals surface area contributed by atoms with E-state index >= 15 is 0 Å². The highest BCUT2D eigenvalue weighted by Gasteiger charge is 2.14. The minimum absolute atomic E-state index is 0.201. The van der Waals surface area contributed by atoms with E-state index in [1.807, 2.05) is 6.92 Å². The molecule has 0 aliphatic carbocycles. The van der Waals surface area contributed by atoms with E-state index in [0.717, 1.165) is 6.42 Å². The molecule has 0 aliphatic rings. The van der Waals surface area contributed by atoms with E-state index in [2.05, 4.69) is 16.0 Å². The second kappa shape index (κ2) is 8.04. The molecule has 3 N–H and O–H groups in total. The number of rotatable bonds is 6. The van der Waals surface area contributed by atoms with Crippen LogP contribution < -0.4 is 20.7 Å². The summed E-state index contributed by atoms with van der Waals surface area (Å²) in [6, 6.07) is 5.96. The fourth-order valence-corrected chi connectivity index (χ4v) is 1.53. The number of anilines is 1. The van der Waals surface area contributed by atoms with E-state index in [0.29, 0.717) is 18.0 Å². The van der Waals surface area contributed by atoms with Crippen molar-refractivity contribution in [2.45, 2.75) is 26.3 Å². The Morgan fingerprint density at radius 3 is 2.75 bits per heavy atom. The number of carbonyl (C=O) groups excluding carboxylic acids is 2. The zero-order chi connectivity index (χ0) is 15.0. The van der Waals surface area contributed by atoms with Gasteiger partial charge in [0.1, 0.15) is 11.8 Å². The van der Waals surface area contributed by atoms with Crippen LogP contribution in [-0.2, 0) is 4.79 Å². The zero-order valence-corrected chi connectivity index (χ0v) is 12.0. The van der Waals surface area contributed by atoms with Gasteiger partial charge in [0.25, 0.3) is 0 Å². The van der Waals surface area contributed by atoms with Gasteiger partial charge in [-0.3, -0.25) is 4.79 Å². The Bertz CT molecular complexity index is 463. The van der Waals surface area contributed by atoms with Crippen LogP contribution in [0.3, 0.4) is 0 Å². The van der Waals surface area contributed by atoms with Gasteiger partial charge in [-0.2, -0.15) is 0 Å². The molecule has 0 heterocycles. The Hall–Kier alpha value is -2.24. The smallest absolute Gasteiger partial charge is 0.319 e. The molecule has 0 aliphatic heterocycles. The largest absolute Gasteiger partial charge is 0.497 e. The number of urea groups is 1. The average molecular weight is 279 g/mol. The molecule has 20 heavy (non-hydrogen) atoms. The molecule has 1 atom stereocenters. The van der Waals surface area contributed by atoms with Gasteiger partial charge >= 0.3 is 6.03 Å². The standard InChI is InChI=1S/C14H21N3O3/c1-4-8-15-13(18)10(2)16-14(19)17-11-6-5-7-12(9-11)20-3/h5-7,9-10H,4,8H2,1-3H3,(H,15,18)(H2,16,17,19). The van der Waals surface area contributed by atoms with Crippen molar-refractivity contribution < 1.29 is 14.3 Å². The second-order valence-electron chi connectivity index (χ2n) is 4.34. The molecule has 3 amide bonds. The van der Waals surface area contributed by atoms with E-state index < -0.39 is 12.1 Å². The molecule has 0 fully saturated rings. The second-order valence-corrected chi connectivity index (χ2v) is 4.34. The summed E-state index contributed by atoms with van der Waals surface area (Å²) in [6.07, 6.45) is 0.856. The van der Waals surface area contributed by atoms with Crippen molar-refractivity contribution in [3.63, 3.8) is 0 Å². The van der Waals surface area contributed by atoms with Crippen molar-refractivity contribution in [2.24, 2.45) is 0 Å². The quantitative estimate of drug-likeness (QED) is 0.742. The lowest BCUT2D eigenvalue weighted by atomic mass is 10.3. The lowest BCUT2D eigenvalue weighted by molar-refractivity contribution is -0.122. The van der Waals surface area contributed by atoms with Crippen LogP contribution in [0.25, 0.3) is 0 Å². The van der Waals surface area contributed by atoms with E-state index in [1.54, 1.807) is 38.3 Å². The van der Waals surface area contributed by atoms with Crippen LogP contribution in [0.15, 0.2) is 24.3 Å². The van der Waals surface area contributed by atoms with E-state index in [9.17, 15) is 9.59 Å². The number of nitrogens with one attached hydrogen (secondary N) is 3. The van der Waals surface area contributed by atoms with Crippen LogP contribution in [0.5, 0.6) is 5.75 Å². The molecule has 0 saturated carbocycles. The monoisotopic (exact) mass is 279 g/mol. The molecular weight excluding hydrogens is 258 g/mol. The van der Waals surface area contributed by atoms with Crippen molar-refractivity contribution in [3.8, 4) is 5.75 Å². The first kappa shape index (κ1) is 15.8. The number of carbonyl (C=O) groups is 2. The van der Waals surface area contributed by atoms with Gasteiger partial charge in [-0.05, 0) is 25.5 Å². The molecule has 1 unspecified atom stereocenters. The first-order valence-electron chi connectivity index (χ1n) is 6.56. The first-order valence-corrected chi connectivity index (χ1v) is 6.56. The van der Waals surface area contributed by atoms with E-state index in [4.69, 9.17) is 4.74 Å². The average Bonchev–Trinajstić information content (AvgIpc) is 2.44. The minimum atomic E-state index is -0.591. The highest BCUT2D eigenvalue weighted by Crippen LogP contribution is 2.16. The lowest BCUT2D eigenvalue weighted by Gasteiger charge is -2.14. The molecule has 0 radical (unpaired) electrons. The third-order valence-electron chi connectivity index (χ3n) is 2.62. The Morgan fingerprint density at radius 2 is 2.10 bits per heavy atom. The van der Waals surface area contributed by atoms with Crippen molar-refractivity contribution in [1.29, 1.82) is 0 Å². The van der Waals surface area contributed by atoms with Crippen LogP contribution in [0.4, 0.5) is 10.5 Å². The molecule has 1 rings (SSSR count). The third-order valence-corrected chi connectivity index (χ3v) is 2.62. The van der Waals surface area contributed by atoms with Crippen molar-refractivity contribution in [2.75, 3.05) is 19.0 Å². The summed E-state index contributed by atoms with van der Waals surface area (Å²) in [7, 11) is 1.55. The van der Waals surface area contributed by atoms with Gasteiger partial charge in [-0.1, -0.05) is 13.0 Å². The fraction of sp³-hybridized carbons (Fsp3) is 0.429. The molecule has 0 saturated heterocycles. The molecule has 1 aromatic rings. The van der Waals surface area contributed by atoms with Gasteiger partial charge in [0, 0.05) is 18.3 Å². The zero-order valence-electron chi connectivity index (χ0n) is 12.0.